The molecule has 2 fully saturated rings. The Kier molecular flexibility index (Phi) is 4.08. The van der Waals surface area contributed by atoms with Gasteiger partial charge in [0.25, 0.3) is 0 Å². The first-order valence-electron chi connectivity index (χ1n) is 10.2. The molecule has 2 aromatic rings. The molecule has 3 aliphatic rings. The average Bonchev–Trinajstić information content (AvgIpc) is 3.20. The average molecular weight is 351 g/mol. The van der Waals surface area contributed by atoms with Gasteiger partial charge in [-0.2, -0.15) is 0 Å². The molecule has 3 nitrogen and oxygen atoms in total. The molecule has 2 aliphatic carbocycles. The smallest absolute Gasteiger partial charge is 0.119 e. The largest absolute Gasteiger partial charge is 0.497 e. The summed E-state index contributed by atoms with van der Waals surface area (Å²) >= 11 is 0. The summed E-state index contributed by atoms with van der Waals surface area (Å²) in [6.07, 6.45) is 10.8. The molecule has 2 bridgehead atoms. The number of hydrogen-bond donors (Lipinski definition) is 0. The van der Waals surface area contributed by atoms with Crippen molar-refractivity contribution in [3.63, 3.8) is 0 Å². The fourth-order valence-corrected chi connectivity index (χ4v) is 6.18. The van der Waals surface area contributed by atoms with E-state index in [1.54, 1.807) is 24.5 Å². The zero-order valence-electron chi connectivity index (χ0n) is 15.7. The molecule has 2 heterocycles. The maximum absolute atomic E-state index is 5.58. The van der Waals surface area contributed by atoms with Crippen LogP contribution in [0.3, 0.4) is 0 Å². The Morgan fingerprint density at radius 2 is 2.19 bits per heavy atom. The Labute approximate surface area is 156 Å². The minimum absolute atomic E-state index is 0.395. The summed E-state index contributed by atoms with van der Waals surface area (Å²) in [4.78, 5) is 2.77. The van der Waals surface area contributed by atoms with E-state index in [2.05, 4.69) is 29.2 Å². The number of likely N-dealkylation sites (tertiary alicyclic amines) is 1. The van der Waals surface area contributed by atoms with Crippen molar-refractivity contribution in [3.05, 3.63) is 53.5 Å². The molecule has 5 rings (SSSR count). The van der Waals surface area contributed by atoms with E-state index in [4.69, 9.17) is 9.15 Å². The van der Waals surface area contributed by atoms with Crippen LogP contribution in [0.1, 0.15) is 49.0 Å². The van der Waals surface area contributed by atoms with Gasteiger partial charge in [-0.1, -0.05) is 18.9 Å². The highest BCUT2D eigenvalue weighted by molar-refractivity contribution is 5.45. The van der Waals surface area contributed by atoms with Crippen LogP contribution in [-0.2, 0) is 18.3 Å². The summed E-state index contributed by atoms with van der Waals surface area (Å²) in [7, 11) is 1.79. The van der Waals surface area contributed by atoms with Crippen molar-refractivity contribution in [1.29, 1.82) is 0 Å². The van der Waals surface area contributed by atoms with Crippen molar-refractivity contribution >= 4 is 0 Å². The number of furan rings is 1. The quantitative estimate of drug-likeness (QED) is 0.806. The lowest BCUT2D eigenvalue weighted by atomic mass is 9.52. The normalized spacial score (nSPS) is 30.5. The van der Waals surface area contributed by atoms with Crippen LogP contribution in [-0.4, -0.2) is 31.1 Å². The van der Waals surface area contributed by atoms with Crippen LogP contribution in [0.25, 0.3) is 0 Å². The zero-order chi connectivity index (χ0) is 17.6. The number of fused-ring (bicyclic) bond motifs is 1. The number of rotatable bonds is 4. The minimum atomic E-state index is 0.395. The minimum Gasteiger partial charge on any atom is -0.497 e. The number of hydrogen-bond acceptors (Lipinski definition) is 3. The van der Waals surface area contributed by atoms with Crippen LogP contribution in [0.4, 0.5) is 0 Å². The van der Waals surface area contributed by atoms with Crippen LogP contribution in [0.5, 0.6) is 5.75 Å². The maximum Gasteiger partial charge on any atom is 0.119 e. The van der Waals surface area contributed by atoms with Gasteiger partial charge in [0.15, 0.2) is 0 Å². The van der Waals surface area contributed by atoms with Crippen LogP contribution < -0.4 is 4.74 Å². The van der Waals surface area contributed by atoms with Crippen molar-refractivity contribution in [2.45, 2.75) is 56.4 Å². The molecule has 1 aromatic carbocycles. The molecule has 0 spiro atoms. The Hall–Kier alpha value is -1.74. The van der Waals surface area contributed by atoms with Gasteiger partial charge < -0.3 is 9.15 Å². The van der Waals surface area contributed by atoms with E-state index >= 15 is 0 Å². The third-order valence-corrected chi connectivity index (χ3v) is 7.38. The van der Waals surface area contributed by atoms with Gasteiger partial charge in [-0.05, 0) is 73.5 Å². The molecule has 26 heavy (non-hydrogen) atoms. The second-order valence-electron chi connectivity index (χ2n) is 8.42. The standard InChI is InChI=1S/C23H29NO2/c1-25-19-8-7-17-15-22-20-6-2-3-10-23(20,21(17)16-19)11-13-24(22)12-9-18-5-4-14-26-18/h4-5,7-8,14,16,20,22H,2-3,6,9-13,15H2,1H3/t20-,22+,23-/m0/s1. The summed E-state index contributed by atoms with van der Waals surface area (Å²) in [6.45, 7) is 2.34. The molecule has 138 valence electrons. The molecule has 1 aromatic heterocycles. The van der Waals surface area contributed by atoms with E-state index in [-0.39, 0.29) is 0 Å². The topological polar surface area (TPSA) is 25.6 Å². The van der Waals surface area contributed by atoms with E-state index in [0.717, 1.165) is 30.4 Å². The summed E-state index contributed by atoms with van der Waals surface area (Å²) in [5.41, 5.74) is 3.58. The summed E-state index contributed by atoms with van der Waals surface area (Å²) < 4.78 is 11.1. The van der Waals surface area contributed by atoms with Crippen molar-refractivity contribution in [1.82, 2.24) is 4.90 Å². The highest BCUT2D eigenvalue weighted by atomic mass is 16.5. The molecule has 0 N–H and O–H groups in total. The number of piperidine rings is 1. The monoisotopic (exact) mass is 351 g/mol. The van der Waals surface area contributed by atoms with Crippen LogP contribution >= 0.6 is 0 Å². The van der Waals surface area contributed by atoms with Gasteiger partial charge >= 0.3 is 0 Å². The number of nitrogens with zero attached hydrogens (tertiary/aromatic N) is 1. The molecule has 1 aliphatic heterocycles. The van der Waals surface area contributed by atoms with E-state index in [9.17, 15) is 0 Å². The van der Waals surface area contributed by atoms with Crippen molar-refractivity contribution in [2.75, 3.05) is 20.2 Å². The SMILES string of the molecule is COc1ccc2c(c1)[C@]13CCCC[C@H]1[C@@H](C2)N(CCc1ccco1)CC3. The summed E-state index contributed by atoms with van der Waals surface area (Å²) in [6, 6.07) is 11.7. The van der Waals surface area contributed by atoms with Crippen molar-refractivity contribution < 1.29 is 9.15 Å². The van der Waals surface area contributed by atoms with Crippen LogP contribution in [0.15, 0.2) is 41.0 Å². The number of benzene rings is 1. The Bertz CT molecular complexity index is 769. The molecule has 1 saturated carbocycles. The molecular weight excluding hydrogens is 322 g/mol. The van der Waals surface area contributed by atoms with E-state index in [0.29, 0.717) is 11.5 Å². The molecular formula is C23H29NO2. The predicted octanol–water partition coefficient (Wildman–Crippen LogP) is 4.59. The molecule has 1 saturated heterocycles. The van der Waals surface area contributed by atoms with Gasteiger partial charge in [-0.25, -0.2) is 0 Å². The second-order valence-corrected chi connectivity index (χ2v) is 8.42. The van der Waals surface area contributed by atoms with Gasteiger partial charge in [-0.3, -0.25) is 4.90 Å². The number of methoxy groups -OCH3 is 1. The van der Waals surface area contributed by atoms with Crippen LogP contribution in [0.2, 0.25) is 0 Å². The summed E-state index contributed by atoms with van der Waals surface area (Å²) in [5, 5.41) is 0. The lowest BCUT2D eigenvalue weighted by Gasteiger charge is -2.59. The van der Waals surface area contributed by atoms with E-state index < -0.39 is 0 Å². The van der Waals surface area contributed by atoms with E-state index in [1.165, 1.54) is 45.1 Å². The first-order chi connectivity index (χ1) is 12.8. The zero-order valence-corrected chi connectivity index (χ0v) is 15.7. The van der Waals surface area contributed by atoms with Gasteiger partial charge in [-0.15, -0.1) is 0 Å². The molecule has 3 heteroatoms. The van der Waals surface area contributed by atoms with Crippen molar-refractivity contribution in [2.24, 2.45) is 5.92 Å². The van der Waals surface area contributed by atoms with Gasteiger partial charge in [0.05, 0.1) is 13.4 Å². The fourth-order valence-electron chi connectivity index (χ4n) is 6.18. The van der Waals surface area contributed by atoms with Gasteiger partial charge in [0.2, 0.25) is 0 Å². The van der Waals surface area contributed by atoms with Crippen LogP contribution in [0, 0.1) is 5.92 Å². The molecule has 3 atom stereocenters. The Balaban J connectivity index is 1.47. The first-order valence-corrected chi connectivity index (χ1v) is 10.2. The van der Waals surface area contributed by atoms with Gasteiger partial charge in [0, 0.05) is 24.4 Å². The number of ether oxygens (including phenoxy) is 1. The molecule has 0 amide bonds. The summed E-state index contributed by atoms with van der Waals surface area (Å²) in [5.74, 6) is 2.95. The lowest BCUT2D eigenvalue weighted by Crippen LogP contribution is -2.61. The van der Waals surface area contributed by atoms with Crippen molar-refractivity contribution in [3.8, 4) is 5.75 Å². The second kappa shape index (κ2) is 6.45. The van der Waals surface area contributed by atoms with Gasteiger partial charge in [0.1, 0.15) is 11.5 Å². The Morgan fingerprint density at radius 1 is 1.23 bits per heavy atom. The third-order valence-electron chi connectivity index (χ3n) is 7.38. The first kappa shape index (κ1) is 16.4. The van der Waals surface area contributed by atoms with E-state index in [1.807, 2.05) is 6.07 Å². The highest BCUT2D eigenvalue weighted by Crippen LogP contribution is 2.56. The fraction of sp³-hybridized carbons (Fsp3) is 0.565. The predicted molar refractivity (Wildman–Crippen MR) is 103 cm³/mol. The maximum atomic E-state index is 5.58. The molecule has 0 unspecified atom stereocenters. The lowest BCUT2D eigenvalue weighted by molar-refractivity contribution is -0.0112. The highest BCUT2D eigenvalue weighted by Gasteiger charge is 2.53. The molecule has 0 radical (unpaired) electrons. The Morgan fingerprint density at radius 3 is 3.04 bits per heavy atom. The third kappa shape index (κ3) is 2.51.